The number of hydrogen-bond acceptors (Lipinski definition) is 10. The number of carboxylic acids is 2. The van der Waals surface area contributed by atoms with E-state index in [1.54, 1.807) is 78.9 Å². The highest BCUT2D eigenvalue weighted by Crippen LogP contribution is 2.29. The minimum Gasteiger partial charge on any atom is -0.478 e. The summed E-state index contributed by atoms with van der Waals surface area (Å²) in [7, 11) is 0. The molecule has 218 valence electrons. The van der Waals surface area contributed by atoms with Crippen LogP contribution in [0, 0.1) is 0 Å². The lowest BCUT2D eigenvalue weighted by atomic mass is 9.94. The molecule has 0 spiro atoms. The largest absolute Gasteiger partial charge is 0.478 e. The Kier molecular flexibility index (Phi) is 9.91. The first kappa shape index (κ1) is 30.8. The van der Waals surface area contributed by atoms with E-state index in [1.807, 2.05) is 0 Å². The first-order valence-electron chi connectivity index (χ1n) is 12.6. The quantitative estimate of drug-likeness (QED) is 0.0628. The average Bonchev–Trinajstić information content (AvgIpc) is 3.52. The van der Waals surface area contributed by atoms with Crippen LogP contribution in [0.4, 0.5) is 0 Å². The number of aromatic nitrogens is 2. The van der Waals surface area contributed by atoms with Crippen molar-refractivity contribution in [1.29, 1.82) is 0 Å². The molecule has 0 amide bonds. The van der Waals surface area contributed by atoms with Crippen LogP contribution >= 0.6 is 11.7 Å². The van der Waals surface area contributed by atoms with Crippen molar-refractivity contribution in [3.63, 3.8) is 0 Å². The van der Waals surface area contributed by atoms with Gasteiger partial charge in [-0.3, -0.25) is 9.59 Å². The molecular formula is C32H20N2O9S. The van der Waals surface area contributed by atoms with Crippen molar-refractivity contribution >= 4 is 69.4 Å². The van der Waals surface area contributed by atoms with E-state index in [9.17, 15) is 39.0 Å². The summed E-state index contributed by atoms with van der Waals surface area (Å²) in [5, 5.41) is 19.1. The molecular weight excluding hydrogens is 588 g/mol. The maximum atomic E-state index is 11.7. The number of benzene rings is 4. The van der Waals surface area contributed by atoms with Crippen LogP contribution in [-0.2, 0) is 23.9 Å². The van der Waals surface area contributed by atoms with Crippen LogP contribution in [-0.4, -0.2) is 54.4 Å². The maximum Gasteiger partial charge on any atom is 0.387 e. The van der Waals surface area contributed by atoms with Crippen LogP contribution in [0.3, 0.4) is 0 Å². The normalized spacial score (nSPS) is 10.9. The smallest absolute Gasteiger partial charge is 0.387 e. The predicted octanol–water partition coefficient (Wildman–Crippen LogP) is 4.59. The highest BCUT2D eigenvalue weighted by molar-refractivity contribution is 7.00. The molecule has 44 heavy (non-hydrogen) atoms. The number of hydrogen-bond donors (Lipinski definition) is 2. The van der Waals surface area contributed by atoms with Gasteiger partial charge in [0, 0.05) is 11.1 Å². The average molecular weight is 609 g/mol. The van der Waals surface area contributed by atoms with E-state index in [0.29, 0.717) is 16.6 Å². The van der Waals surface area contributed by atoms with E-state index in [-0.39, 0.29) is 27.8 Å². The second-order valence-electron chi connectivity index (χ2n) is 8.76. The van der Waals surface area contributed by atoms with Gasteiger partial charge in [-0.2, -0.15) is 8.75 Å². The van der Waals surface area contributed by atoms with Gasteiger partial charge < -0.3 is 14.9 Å². The number of carboxylic acid groups (broad SMARTS) is 2. The Labute approximate surface area is 253 Å². The Balaban J connectivity index is 0.000000202. The summed E-state index contributed by atoms with van der Waals surface area (Å²) in [6.45, 7) is 0. The molecule has 5 rings (SSSR count). The molecule has 5 aromatic rings. The van der Waals surface area contributed by atoms with Gasteiger partial charge >= 0.3 is 23.9 Å². The molecule has 0 saturated carbocycles. The van der Waals surface area contributed by atoms with Crippen molar-refractivity contribution in [2.24, 2.45) is 0 Å². The predicted molar refractivity (Wildman–Crippen MR) is 159 cm³/mol. The summed E-state index contributed by atoms with van der Waals surface area (Å²) in [4.78, 5) is 69.9. The number of ether oxygens (including phenoxy) is 1. The first-order chi connectivity index (χ1) is 21.2. The Bertz CT molecular complexity index is 1840. The number of aliphatic carboxylic acids is 2. The van der Waals surface area contributed by atoms with Crippen LogP contribution in [0.15, 0.2) is 109 Å². The number of ketones is 2. The monoisotopic (exact) mass is 608 g/mol. The zero-order valence-corrected chi connectivity index (χ0v) is 23.3. The van der Waals surface area contributed by atoms with Crippen LogP contribution in [0.5, 0.6) is 0 Å². The Morgan fingerprint density at radius 1 is 0.500 bits per heavy atom. The summed E-state index contributed by atoms with van der Waals surface area (Å²) in [6, 6.07) is 28.1. The highest BCUT2D eigenvalue weighted by atomic mass is 32.1. The zero-order chi connectivity index (χ0) is 31.6. The molecule has 0 saturated heterocycles. The molecule has 12 heteroatoms. The molecule has 1 aromatic heterocycles. The van der Waals surface area contributed by atoms with E-state index in [1.165, 1.54) is 30.3 Å². The van der Waals surface area contributed by atoms with E-state index in [2.05, 4.69) is 13.5 Å². The van der Waals surface area contributed by atoms with Gasteiger partial charge in [0.2, 0.25) is 0 Å². The Hall–Kier alpha value is -6.14. The van der Waals surface area contributed by atoms with Gasteiger partial charge in [0.15, 0.2) is 0 Å². The molecule has 0 aliphatic heterocycles. The van der Waals surface area contributed by atoms with Crippen molar-refractivity contribution in [2.45, 2.75) is 0 Å². The number of nitrogens with zero attached hydrogens (tertiary/aromatic N) is 2. The molecule has 2 N–H and O–H groups in total. The fourth-order valence-corrected chi connectivity index (χ4v) is 4.40. The van der Waals surface area contributed by atoms with Gasteiger partial charge in [-0.05, 0) is 23.3 Å². The van der Waals surface area contributed by atoms with Crippen molar-refractivity contribution in [2.75, 3.05) is 0 Å². The third-order valence-corrected chi connectivity index (χ3v) is 6.47. The minimum atomic E-state index is -1.38. The number of esters is 2. The third kappa shape index (κ3) is 7.38. The molecule has 4 aromatic carbocycles. The molecule has 0 radical (unpaired) electrons. The lowest BCUT2D eigenvalue weighted by Crippen LogP contribution is -2.26. The zero-order valence-electron chi connectivity index (χ0n) is 22.4. The fourth-order valence-electron chi connectivity index (χ4n) is 3.88. The van der Waals surface area contributed by atoms with Crippen LogP contribution in [0.25, 0.3) is 22.2 Å². The standard InChI is InChI=1S/C16H10N2O4S.C16H10O5/c19-15(20)13(9-4-2-1-3-5-9)14(16(21)22)10-6-7-11-12(8-10)18-23-17-11;17-13(11-7-3-1-4-8-11)15(19)21-16(20)14(18)12-9-5-2-6-10-12/h1-8H,(H,19,20)(H,21,22);1-10H/b14-13-;. The molecule has 0 unspecified atom stereocenters. The van der Waals surface area contributed by atoms with E-state index < -0.39 is 35.4 Å². The van der Waals surface area contributed by atoms with Crippen molar-refractivity contribution in [3.8, 4) is 0 Å². The minimum absolute atomic E-state index is 0.0856. The second kappa shape index (κ2) is 14.2. The summed E-state index contributed by atoms with van der Waals surface area (Å²) in [5.41, 5.74) is 1.40. The Morgan fingerprint density at radius 2 is 0.909 bits per heavy atom. The van der Waals surface area contributed by atoms with Crippen molar-refractivity contribution in [3.05, 3.63) is 131 Å². The summed E-state index contributed by atoms with van der Waals surface area (Å²) >= 11 is 1.01. The van der Waals surface area contributed by atoms with E-state index in [0.717, 1.165) is 11.7 Å². The molecule has 0 aliphatic rings. The van der Waals surface area contributed by atoms with Crippen molar-refractivity contribution in [1.82, 2.24) is 8.75 Å². The van der Waals surface area contributed by atoms with E-state index >= 15 is 0 Å². The van der Waals surface area contributed by atoms with Gasteiger partial charge in [-0.25, -0.2) is 19.2 Å². The Morgan fingerprint density at radius 3 is 1.36 bits per heavy atom. The number of Topliss-reactive ketones (excluding diaryl/α,β-unsaturated/α-hetero) is 2. The van der Waals surface area contributed by atoms with E-state index in [4.69, 9.17) is 0 Å². The molecule has 0 fully saturated rings. The van der Waals surface area contributed by atoms with Gasteiger partial charge in [0.1, 0.15) is 11.0 Å². The molecule has 0 aliphatic carbocycles. The van der Waals surface area contributed by atoms with Crippen LogP contribution in [0.2, 0.25) is 0 Å². The lowest BCUT2D eigenvalue weighted by Gasteiger charge is -2.09. The van der Waals surface area contributed by atoms with Gasteiger partial charge in [-0.15, -0.1) is 0 Å². The van der Waals surface area contributed by atoms with Gasteiger partial charge in [0.05, 0.1) is 22.9 Å². The molecule has 1 heterocycles. The lowest BCUT2D eigenvalue weighted by molar-refractivity contribution is -0.152. The summed E-state index contributed by atoms with van der Waals surface area (Å²) in [6.07, 6.45) is 0. The first-order valence-corrected chi connectivity index (χ1v) is 13.3. The topological polar surface area (TPSA) is 178 Å². The second-order valence-corrected chi connectivity index (χ2v) is 9.29. The van der Waals surface area contributed by atoms with Crippen molar-refractivity contribution < 1.29 is 43.7 Å². The number of rotatable bonds is 8. The third-order valence-electron chi connectivity index (χ3n) is 5.91. The van der Waals surface area contributed by atoms with Crippen LogP contribution < -0.4 is 0 Å². The van der Waals surface area contributed by atoms with Crippen LogP contribution in [0.1, 0.15) is 31.8 Å². The highest BCUT2D eigenvalue weighted by Gasteiger charge is 2.26. The SMILES string of the molecule is O=C(O)/C(=C(\C(=O)O)c1ccc2nsnc2c1)c1ccccc1.O=C(OC(=O)C(=O)c1ccccc1)C(=O)c1ccccc1. The maximum absolute atomic E-state index is 11.7. The molecule has 11 nitrogen and oxygen atoms in total. The summed E-state index contributed by atoms with van der Waals surface area (Å²) < 4.78 is 12.4. The molecule has 0 bridgehead atoms. The number of carbonyl (C=O) groups is 6. The fraction of sp³-hybridized carbons (Fsp3) is 0. The van der Waals surface area contributed by atoms with Gasteiger partial charge in [-0.1, -0.05) is 97.1 Å². The molecule has 0 atom stereocenters. The number of fused-ring (bicyclic) bond motifs is 1. The van der Waals surface area contributed by atoms with Gasteiger partial charge in [0.25, 0.3) is 11.6 Å². The summed E-state index contributed by atoms with van der Waals surface area (Å²) in [5.74, 6) is -7.33. The number of carbonyl (C=O) groups excluding carboxylic acids is 4.